The number of benzene rings is 11. The number of hydrogen-bond donors (Lipinski definition) is 0. The Kier molecular flexibility index (Phi) is 8.30. The lowest BCUT2D eigenvalue weighted by atomic mass is 9.52. The number of fused-ring (bicyclic) bond motifs is 21. The van der Waals surface area contributed by atoms with Crippen molar-refractivity contribution in [3.05, 3.63) is 299 Å². The van der Waals surface area contributed by atoms with Crippen molar-refractivity contribution >= 4 is 32.7 Å². The second kappa shape index (κ2) is 15.0. The van der Waals surface area contributed by atoms with Crippen molar-refractivity contribution in [2.75, 3.05) is 0 Å². The van der Waals surface area contributed by atoms with Crippen molar-refractivity contribution in [1.29, 1.82) is 0 Å². The maximum Gasteiger partial charge on any atom is 0.160 e. The monoisotopic (exact) mass is 926 g/mol. The van der Waals surface area contributed by atoms with Crippen molar-refractivity contribution < 1.29 is 4.42 Å². The van der Waals surface area contributed by atoms with E-state index in [1.54, 1.807) is 0 Å². The summed E-state index contributed by atoms with van der Waals surface area (Å²) in [5.41, 5.74) is 23.0. The molecule has 3 heteroatoms. The van der Waals surface area contributed by atoms with E-state index in [4.69, 9.17) is 14.4 Å². The van der Waals surface area contributed by atoms with Crippen LogP contribution >= 0.6 is 0 Å². The van der Waals surface area contributed by atoms with E-state index in [1.807, 2.05) is 6.07 Å². The summed E-state index contributed by atoms with van der Waals surface area (Å²) >= 11 is 0. The predicted octanol–water partition coefficient (Wildman–Crippen LogP) is 17.2. The molecule has 2 aromatic heterocycles. The molecule has 0 bridgehead atoms. The van der Waals surface area contributed by atoms with Crippen molar-refractivity contribution in [1.82, 2.24) is 9.97 Å². The van der Waals surface area contributed by atoms with Gasteiger partial charge in [0.2, 0.25) is 0 Å². The quantitative estimate of drug-likeness (QED) is 0.177. The fourth-order valence-electron chi connectivity index (χ4n) is 13.4. The minimum Gasteiger partial charge on any atom is -0.456 e. The molecule has 3 aliphatic carbocycles. The number of furan rings is 1. The van der Waals surface area contributed by atoms with Crippen LogP contribution in [0.3, 0.4) is 0 Å². The fraction of sp³-hybridized carbons (Fsp3) is 0.0286. The van der Waals surface area contributed by atoms with Crippen LogP contribution in [0.15, 0.2) is 259 Å². The minimum absolute atomic E-state index is 0.549. The lowest BCUT2D eigenvalue weighted by molar-refractivity contribution is 0.634. The van der Waals surface area contributed by atoms with Crippen LogP contribution in [-0.2, 0) is 10.8 Å². The first-order valence-electron chi connectivity index (χ1n) is 25.2. The third-order valence-corrected chi connectivity index (χ3v) is 16.3. The van der Waals surface area contributed by atoms with Gasteiger partial charge in [-0.2, -0.15) is 0 Å². The van der Waals surface area contributed by atoms with Crippen LogP contribution in [0, 0.1) is 0 Å². The van der Waals surface area contributed by atoms with Crippen molar-refractivity contribution in [2.24, 2.45) is 0 Å². The molecule has 13 aromatic rings. The molecule has 3 nitrogen and oxygen atoms in total. The summed E-state index contributed by atoms with van der Waals surface area (Å²) in [5.74, 6) is 0.684. The van der Waals surface area contributed by atoms with Crippen LogP contribution in [0.5, 0.6) is 0 Å². The molecule has 16 rings (SSSR count). The first-order valence-corrected chi connectivity index (χ1v) is 25.2. The van der Waals surface area contributed by atoms with Crippen molar-refractivity contribution in [3.8, 4) is 67.3 Å². The fourth-order valence-corrected chi connectivity index (χ4v) is 13.4. The lowest BCUT2D eigenvalue weighted by Gasteiger charge is -2.49. The van der Waals surface area contributed by atoms with Crippen LogP contribution in [0.4, 0.5) is 0 Å². The summed E-state index contributed by atoms with van der Waals surface area (Å²) in [6.07, 6.45) is 0. The van der Waals surface area contributed by atoms with Crippen LogP contribution in [-0.4, -0.2) is 9.97 Å². The van der Waals surface area contributed by atoms with E-state index in [-0.39, 0.29) is 0 Å². The van der Waals surface area contributed by atoms with Gasteiger partial charge in [-0.25, -0.2) is 9.97 Å². The summed E-state index contributed by atoms with van der Waals surface area (Å²) in [5, 5.41) is 4.67. The third-order valence-electron chi connectivity index (χ3n) is 16.3. The van der Waals surface area contributed by atoms with E-state index in [1.165, 1.54) is 82.9 Å². The SMILES string of the molecule is c1ccc(-c2cc(-c3ccc4ccccc4c3)nc(-c3cccc(-c4ccc5c(c4)C4(c6ccccc6C6(c7ccccc7-c7ccccc76)c6ccccc64)c4c-5ccc5oc6ccccc6c45)c3)n2)cc1. The van der Waals surface area contributed by atoms with E-state index >= 15 is 0 Å². The first-order chi connectivity index (χ1) is 36.2. The van der Waals surface area contributed by atoms with Gasteiger partial charge < -0.3 is 4.42 Å². The number of hydrogen-bond acceptors (Lipinski definition) is 3. The molecule has 0 aliphatic heterocycles. The molecule has 2 spiro atoms. The Labute approximate surface area is 422 Å². The Hall–Kier alpha value is -9.44. The highest BCUT2D eigenvalue weighted by Crippen LogP contribution is 2.68. The largest absolute Gasteiger partial charge is 0.456 e. The molecule has 2 heterocycles. The maximum absolute atomic E-state index is 6.80. The maximum atomic E-state index is 6.80. The van der Waals surface area contributed by atoms with Crippen LogP contribution in [0.25, 0.3) is 100.0 Å². The first kappa shape index (κ1) is 40.3. The average molecular weight is 927 g/mol. The molecular weight excluding hydrogens is 885 g/mol. The Balaban J connectivity index is 0.951. The Morgan fingerprint density at radius 2 is 0.822 bits per heavy atom. The Bertz CT molecular complexity index is 4370. The molecule has 3 aliphatic rings. The second-order valence-electron chi connectivity index (χ2n) is 19.9. The van der Waals surface area contributed by atoms with E-state index in [9.17, 15) is 0 Å². The average Bonchev–Trinajstić information content (AvgIpc) is 4.09. The molecule has 0 fully saturated rings. The van der Waals surface area contributed by atoms with Gasteiger partial charge >= 0.3 is 0 Å². The van der Waals surface area contributed by atoms with Gasteiger partial charge in [-0.15, -0.1) is 0 Å². The normalized spacial score (nSPS) is 14.0. The van der Waals surface area contributed by atoms with Gasteiger partial charge in [0.05, 0.1) is 22.2 Å². The van der Waals surface area contributed by atoms with Crippen molar-refractivity contribution in [2.45, 2.75) is 10.8 Å². The molecule has 338 valence electrons. The minimum atomic E-state index is -0.725. The van der Waals surface area contributed by atoms with E-state index in [0.717, 1.165) is 55.8 Å². The lowest BCUT2D eigenvalue weighted by Crippen LogP contribution is -2.43. The van der Waals surface area contributed by atoms with Gasteiger partial charge in [-0.05, 0) is 125 Å². The summed E-state index contributed by atoms with van der Waals surface area (Å²) in [7, 11) is 0. The summed E-state index contributed by atoms with van der Waals surface area (Å²) in [6, 6.07) is 93.6. The summed E-state index contributed by atoms with van der Waals surface area (Å²) in [4.78, 5) is 10.6. The molecule has 73 heavy (non-hydrogen) atoms. The van der Waals surface area contributed by atoms with Crippen LogP contribution in [0.2, 0.25) is 0 Å². The second-order valence-corrected chi connectivity index (χ2v) is 19.9. The zero-order valence-electron chi connectivity index (χ0n) is 39.6. The van der Waals surface area contributed by atoms with E-state index < -0.39 is 10.8 Å². The highest BCUT2D eigenvalue weighted by atomic mass is 16.3. The summed E-state index contributed by atoms with van der Waals surface area (Å²) in [6.45, 7) is 0. The summed E-state index contributed by atoms with van der Waals surface area (Å²) < 4.78 is 6.80. The number of para-hydroxylation sites is 1. The topological polar surface area (TPSA) is 38.9 Å². The number of rotatable bonds is 4. The van der Waals surface area contributed by atoms with Gasteiger partial charge in [-0.3, -0.25) is 0 Å². The standard InChI is InChI=1S/C70H42N2O/c1-2-18-44(19-3-1)62-42-63(48-34-33-43-17-4-5-20-45(43)39-48)72-68(71-62)49-22-16-21-46(40-49)47-35-36-52-53-37-38-65-66(54-25-8-15-32-64(54)73-65)67(53)70(61(52)41-47)59-30-13-11-28-57(59)69(58-29-12-14-31-60(58)70)55-26-9-6-23-50(55)51-24-7-10-27-56(51)69/h1-42H. The molecule has 0 unspecified atom stereocenters. The van der Waals surface area contributed by atoms with Crippen LogP contribution < -0.4 is 0 Å². The van der Waals surface area contributed by atoms with E-state index in [0.29, 0.717) is 5.82 Å². The molecule has 0 atom stereocenters. The zero-order valence-corrected chi connectivity index (χ0v) is 39.6. The molecule has 0 N–H and O–H groups in total. The van der Waals surface area contributed by atoms with Gasteiger partial charge in [0.1, 0.15) is 11.2 Å². The third kappa shape index (κ3) is 5.43. The number of aromatic nitrogens is 2. The van der Waals surface area contributed by atoms with Gasteiger partial charge in [0, 0.05) is 27.5 Å². The van der Waals surface area contributed by atoms with Crippen LogP contribution in [0.1, 0.15) is 44.5 Å². The zero-order chi connectivity index (χ0) is 47.8. The smallest absolute Gasteiger partial charge is 0.160 e. The van der Waals surface area contributed by atoms with E-state index in [2.05, 4.69) is 249 Å². The molecule has 11 aromatic carbocycles. The van der Waals surface area contributed by atoms with Gasteiger partial charge in [0.25, 0.3) is 0 Å². The molecule has 0 radical (unpaired) electrons. The molecule has 0 amide bonds. The molecular formula is C70H42N2O. The Morgan fingerprint density at radius 3 is 1.56 bits per heavy atom. The predicted molar refractivity (Wildman–Crippen MR) is 297 cm³/mol. The number of nitrogens with zero attached hydrogens (tertiary/aromatic N) is 2. The van der Waals surface area contributed by atoms with Gasteiger partial charge in [-0.1, -0.05) is 218 Å². The highest BCUT2D eigenvalue weighted by Gasteiger charge is 2.59. The Morgan fingerprint density at radius 1 is 0.288 bits per heavy atom. The van der Waals surface area contributed by atoms with Gasteiger partial charge in [0.15, 0.2) is 5.82 Å². The molecule has 0 saturated heterocycles. The highest BCUT2D eigenvalue weighted by molar-refractivity contribution is 6.13. The van der Waals surface area contributed by atoms with Crippen molar-refractivity contribution in [3.63, 3.8) is 0 Å². The molecule has 0 saturated carbocycles.